The molecular weight excluding hydrogens is 288 g/mol. The zero-order chi connectivity index (χ0) is 17.0. The van der Waals surface area contributed by atoms with Gasteiger partial charge in [-0.15, -0.1) is 0 Å². The standard InChI is InChI=1S/C20H22O3/c1-13-11-17(22)12-19(23)20(13)14(2)18(15(3)21)10-9-16-7-5-4-6-8-16/h4-8,11-12,22-23H,9-10H2,1-3H3/b18-14-. The molecule has 3 heteroatoms. The van der Waals surface area contributed by atoms with Crippen LogP contribution in [0.25, 0.3) is 5.57 Å². The molecule has 0 aliphatic carbocycles. The van der Waals surface area contributed by atoms with Crippen molar-refractivity contribution in [1.29, 1.82) is 0 Å². The van der Waals surface area contributed by atoms with E-state index in [0.29, 0.717) is 17.6 Å². The minimum Gasteiger partial charge on any atom is -0.508 e. The molecule has 2 aromatic carbocycles. The Balaban J connectivity index is 2.39. The van der Waals surface area contributed by atoms with Gasteiger partial charge in [0.2, 0.25) is 0 Å². The number of hydrogen-bond donors (Lipinski definition) is 2. The van der Waals surface area contributed by atoms with Crippen molar-refractivity contribution in [3.8, 4) is 11.5 Å². The number of aryl methyl sites for hydroxylation is 2. The Labute approximate surface area is 136 Å². The lowest BCUT2D eigenvalue weighted by Crippen LogP contribution is -2.03. The molecule has 0 bridgehead atoms. The first-order valence-electron chi connectivity index (χ1n) is 7.67. The van der Waals surface area contributed by atoms with Crippen molar-refractivity contribution in [2.45, 2.75) is 33.6 Å². The van der Waals surface area contributed by atoms with Gasteiger partial charge < -0.3 is 10.2 Å². The van der Waals surface area contributed by atoms with Crippen LogP contribution in [-0.2, 0) is 11.2 Å². The molecule has 0 radical (unpaired) electrons. The van der Waals surface area contributed by atoms with Gasteiger partial charge in [0, 0.05) is 11.6 Å². The summed E-state index contributed by atoms with van der Waals surface area (Å²) in [7, 11) is 0. The van der Waals surface area contributed by atoms with E-state index < -0.39 is 0 Å². The number of ketones is 1. The van der Waals surface area contributed by atoms with Crippen LogP contribution in [0.1, 0.15) is 37.0 Å². The van der Waals surface area contributed by atoms with Crippen LogP contribution >= 0.6 is 0 Å². The first kappa shape index (κ1) is 16.8. The second-order valence-electron chi connectivity index (χ2n) is 5.80. The summed E-state index contributed by atoms with van der Waals surface area (Å²) in [6, 6.07) is 12.9. The predicted molar refractivity (Wildman–Crippen MR) is 92.5 cm³/mol. The largest absolute Gasteiger partial charge is 0.508 e. The Morgan fingerprint density at radius 2 is 1.70 bits per heavy atom. The lowest BCUT2D eigenvalue weighted by atomic mass is 9.91. The molecule has 0 saturated carbocycles. The highest BCUT2D eigenvalue weighted by molar-refractivity contribution is 6.01. The molecule has 0 saturated heterocycles. The number of aromatic hydroxyl groups is 2. The van der Waals surface area contributed by atoms with Crippen molar-refractivity contribution in [2.75, 3.05) is 0 Å². The predicted octanol–water partition coefficient (Wildman–Crippen LogP) is 4.40. The number of carbonyl (C=O) groups excluding carboxylic acids is 1. The van der Waals surface area contributed by atoms with Crippen molar-refractivity contribution in [2.24, 2.45) is 0 Å². The number of phenols is 2. The molecule has 2 rings (SSSR count). The van der Waals surface area contributed by atoms with E-state index in [9.17, 15) is 15.0 Å². The maximum atomic E-state index is 12.1. The highest BCUT2D eigenvalue weighted by Crippen LogP contribution is 2.34. The molecule has 0 fully saturated rings. The van der Waals surface area contributed by atoms with Crippen molar-refractivity contribution in [3.63, 3.8) is 0 Å². The van der Waals surface area contributed by atoms with E-state index in [-0.39, 0.29) is 17.3 Å². The van der Waals surface area contributed by atoms with Gasteiger partial charge in [-0.3, -0.25) is 4.79 Å². The van der Waals surface area contributed by atoms with E-state index in [1.165, 1.54) is 11.6 Å². The Bertz CT molecular complexity index is 720. The van der Waals surface area contributed by atoms with Gasteiger partial charge in [-0.25, -0.2) is 0 Å². The number of rotatable bonds is 5. The fourth-order valence-electron chi connectivity index (χ4n) is 2.93. The molecular formula is C20H22O3. The molecule has 0 spiro atoms. The monoisotopic (exact) mass is 310 g/mol. The number of benzene rings is 2. The summed E-state index contributed by atoms with van der Waals surface area (Å²) in [5.74, 6) is 0.0222. The van der Waals surface area contributed by atoms with Gasteiger partial charge >= 0.3 is 0 Å². The van der Waals surface area contributed by atoms with Crippen LogP contribution < -0.4 is 0 Å². The van der Waals surface area contributed by atoms with E-state index in [4.69, 9.17) is 0 Å². The van der Waals surface area contributed by atoms with E-state index >= 15 is 0 Å². The fraction of sp³-hybridized carbons (Fsp3) is 0.250. The van der Waals surface area contributed by atoms with E-state index in [0.717, 1.165) is 17.6 Å². The summed E-state index contributed by atoms with van der Waals surface area (Å²) in [4.78, 5) is 12.1. The Hall–Kier alpha value is -2.55. The minimum atomic E-state index is -0.00142. The molecule has 0 unspecified atom stereocenters. The number of phenolic OH excluding ortho intramolecular Hbond substituents is 2. The van der Waals surface area contributed by atoms with Crippen LogP contribution in [-0.4, -0.2) is 16.0 Å². The first-order valence-corrected chi connectivity index (χ1v) is 7.67. The Kier molecular flexibility index (Phi) is 5.22. The number of carbonyl (C=O) groups is 1. The molecule has 0 aromatic heterocycles. The Morgan fingerprint density at radius 1 is 1.04 bits per heavy atom. The SMILES string of the molecule is CC(=O)/C(CCc1ccccc1)=C(/C)c1c(C)cc(O)cc1O. The summed E-state index contributed by atoms with van der Waals surface area (Å²) in [5, 5.41) is 19.7. The third-order valence-corrected chi connectivity index (χ3v) is 4.06. The van der Waals surface area contributed by atoms with Gasteiger partial charge in [-0.1, -0.05) is 30.3 Å². The first-order chi connectivity index (χ1) is 10.9. The fourth-order valence-corrected chi connectivity index (χ4v) is 2.93. The summed E-state index contributed by atoms with van der Waals surface area (Å²) in [5.41, 5.74) is 4.02. The van der Waals surface area contributed by atoms with Gasteiger partial charge in [0.1, 0.15) is 11.5 Å². The molecule has 120 valence electrons. The van der Waals surface area contributed by atoms with Gasteiger partial charge in [-0.05, 0) is 62.0 Å². The van der Waals surface area contributed by atoms with Gasteiger partial charge in [0.25, 0.3) is 0 Å². The molecule has 2 N–H and O–H groups in total. The average molecular weight is 310 g/mol. The quantitative estimate of drug-likeness (QED) is 0.805. The number of hydrogen-bond acceptors (Lipinski definition) is 3. The van der Waals surface area contributed by atoms with Gasteiger partial charge in [-0.2, -0.15) is 0 Å². The van der Waals surface area contributed by atoms with Crippen LogP contribution in [0.2, 0.25) is 0 Å². The maximum Gasteiger partial charge on any atom is 0.156 e. The van der Waals surface area contributed by atoms with Gasteiger partial charge in [0.15, 0.2) is 5.78 Å². The van der Waals surface area contributed by atoms with E-state index in [2.05, 4.69) is 0 Å². The van der Waals surface area contributed by atoms with Crippen LogP contribution in [0.3, 0.4) is 0 Å². The van der Waals surface area contributed by atoms with E-state index in [1.807, 2.05) is 44.2 Å². The topological polar surface area (TPSA) is 57.5 Å². The molecule has 0 amide bonds. The molecule has 0 heterocycles. The Morgan fingerprint density at radius 3 is 2.26 bits per heavy atom. The second-order valence-corrected chi connectivity index (χ2v) is 5.80. The van der Waals surface area contributed by atoms with Crippen molar-refractivity contribution in [1.82, 2.24) is 0 Å². The minimum absolute atomic E-state index is 0.00142. The summed E-state index contributed by atoms with van der Waals surface area (Å²) < 4.78 is 0. The normalized spacial score (nSPS) is 12.0. The molecule has 0 atom stereocenters. The summed E-state index contributed by atoms with van der Waals surface area (Å²) in [6.07, 6.45) is 1.38. The highest BCUT2D eigenvalue weighted by Gasteiger charge is 2.16. The molecule has 0 aliphatic heterocycles. The van der Waals surface area contributed by atoms with Crippen LogP contribution in [0.5, 0.6) is 11.5 Å². The number of allylic oxidation sites excluding steroid dienone is 2. The average Bonchev–Trinajstić information content (AvgIpc) is 2.47. The van der Waals surface area contributed by atoms with Crippen molar-refractivity contribution < 1.29 is 15.0 Å². The zero-order valence-corrected chi connectivity index (χ0v) is 13.8. The lowest BCUT2D eigenvalue weighted by Gasteiger charge is -2.14. The van der Waals surface area contributed by atoms with Gasteiger partial charge in [0.05, 0.1) is 0 Å². The molecule has 23 heavy (non-hydrogen) atoms. The van der Waals surface area contributed by atoms with Crippen LogP contribution in [0, 0.1) is 6.92 Å². The third kappa shape index (κ3) is 4.01. The van der Waals surface area contributed by atoms with E-state index in [1.54, 1.807) is 13.0 Å². The molecule has 3 nitrogen and oxygen atoms in total. The lowest BCUT2D eigenvalue weighted by molar-refractivity contribution is -0.113. The maximum absolute atomic E-state index is 12.1. The molecule has 0 aliphatic rings. The summed E-state index contributed by atoms with van der Waals surface area (Å²) in [6.45, 7) is 5.21. The van der Waals surface area contributed by atoms with Crippen LogP contribution in [0.15, 0.2) is 48.0 Å². The van der Waals surface area contributed by atoms with Crippen molar-refractivity contribution in [3.05, 3.63) is 64.7 Å². The zero-order valence-electron chi connectivity index (χ0n) is 13.8. The summed E-state index contributed by atoms with van der Waals surface area (Å²) >= 11 is 0. The van der Waals surface area contributed by atoms with Crippen LogP contribution in [0.4, 0.5) is 0 Å². The second kappa shape index (κ2) is 7.14. The molecule has 2 aromatic rings. The third-order valence-electron chi connectivity index (χ3n) is 4.06. The van der Waals surface area contributed by atoms with Crippen molar-refractivity contribution >= 4 is 11.4 Å². The highest BCUT2D eigenvalue weighted by atomic mass is 16.3. The number of Topliss-reactive ketones (excluding diaryl/α,β-unsaturated/α-hetero) is 1. The smallest absolute Gasteiger partial charge is 0.156 e.